The molecule has 0 spiro atoms. The molecule has 0 bridgehead atoms. The quantitative estimate of drug-likeness (QED) is 0.719. The average Bonchev–Trinajstić information content (AvgIpc) is 2.27. The fraction of sp³-hybridized carbons (Fsp3) is 0.167. The van der Waals surface area contributed by atoms with Crippen LogP contribution < -0.4 is 4.74 Å². The minimum absolute atomic E-state index is 0.799. The van der Waals surface area contributed by atoms with Crippen molar-refractivity contribution in [1.82, 2.24) is 4.98 Å². The van der Waals surface area contributed by atoms with Gasteiger partial charge in [0.2, 0.25) is 0 Å². The molecule has 1 aromatic heterocycles. The SMILES string of the molecule is [CH2]Oc1cc(CC)nc2ccccc12. The molecule has 0 unspecified atom stereocenters. The summed E-state index contributed by atoms with van der Waals surface area (Å²) in [7, 11) is 3.45. The molecule has 0 saturated carbocycles. The van der Waals surface area contributed by atoms with Gasteiger partial charge in [-0.05, 0) is 18.6 Å². The van der Waals surface area contributed by atoms with E-state index in [1.54, 1.807) is 0 Å². The highest BCUT2D eigenvalue weighted by Crippen LogP contribution is 2.25. The van der Waals surface area contributed by atoms with Crippen LogP contribution in [-0.2, 0) is 6.42 Å². The number of aromatic nitrogens is 1. The largest absolute Gasteiger partial charge is 0.489 e. The van der Waals surface area contributed by atoms with E-state index < -0.39 is 0 Å². The predicted octanol–water partition coefficient (Wildman–Crippen LogP) is 2.97. The van der Waals surface area contributed by atoms with Gasteiger partial charge in [0.1, 0.15) is 12.9 Å². The normalized spacial score (nSPS) is 10.4. The maximum atomic E-state index is 5.08. The highest BCUT2D eigenvalue weighted by atomic mass is 16.5. The zero-order valence-electron chi connectivity index (χ0n) is 8.16. The molecule has 2 aromatic rings. The Kier molecular flexibility index (Phi) is 2.35. The molecule has 2 nitrogen and oxygen atoms in total. The van der Waals surface area contributed by atoms with E-state index in [2.05, 4.69) is 19.0 Å². The minimum atomic E-state index is 0.799. The topological polar surface area (TPSA) is 22.1 Å². The Morgan fingerprint density at radius 2 is 2.14 bits per heavy atom. The third-order valence-corrected chi connectivity index (χ3v) is 2.25. The van der Waals surface area contributed by atoms with Crippen LogP contribution in [0.25, 0.3) is 10.9 Å². The van der Waals surface area contributed by atoms with Crippen molar-refractivity contribution in [1.29, 1.82) is 0 Å². The summed E-state index contributed by atoms with van der Waals surface area (Å²) in [5, 5.41) is 1.01. The van der Waals surface area contributed by atoms with Crippen molar-refractivity contribution in [2.24, 2.45) is 0 Å². The van der Waals surface area contributed by atoms with Crippen molar-refractivity contribution >= 4 is 10.9 Å². The number of pyridine rings is 1. The van der Waals surface area contributed by atoms with Crippen molar-refractivity contribution in [3.8, 4) is 5.75 Å². The predicted molar refractivity (Wildman–Crippen MR) is 57.1 cm³/mol. The highest BCUT2D eigenvalue weighted by Gasteiger charge is 2.03. The molecule has 1 radical (unpaired) electrons. The summed E-state index contributed by atoms with van der Waals surface area (Å²) in [6.07, 6.45) is 0.904. The molecule has 14 heavy (non-hydrogen) atoms. The van der Waals surface area contributed by atoms with Crippen molar-refractivity contribution in [3.05, 3.63) is 43.1 Å². The lowest BCUT2D eigenvalue weighted by atomic mass is 10.1. The summed E-state index contributed by atoms with van der Waals surface area (Å²) in [6, 6.07) is 9.86. The second kappa shape index (κ2) is 3.66. The summed E-state index contributed by atoms with van der Waals surface area (Å²) in [5.41, 5.74) is 1.99. The summed E-state index contributed by atoms with van der Waals surface area (Å²) in [5.74, 6) is 0.799. The third-order valence-electron chi connectivity index (χ3n) is 2.25. The van der Waals surface area contributed by atoms with Gasteiger partial charge in [0.15, 0.2) is 0 Å². The summed E-state index contributed by atoms with van der Waals surface area (Å²) >= 11 is 0. The highest BCUT2D eigenvalue weighted by molar-refractivity contribution is 5.85. The van der Waals surface area contributed by atoms with E-state index >= 15 is 0 Å². The first kappa shape index (κ1) is 9.00. The van der Waals surface area contributed by atoms with Crippen LogP contribution >= 0.6 is 0 Å². The molecule has 0 aliphatic heterocycles. The monoisotopic (exact) mass is 186 g/mol. The van der Waals surface area contributed by atoms with Crippen LogP contribution in [0.1, 0.15) is 12.6 Å². The molecule has 71 valence electrons. The number of aryl methyl sites for hydroxylation is 1. The first-order chi connectivity index (χ1) is 6.85. The van der Waals surface area contributed by atoms with Gasteiger partial charge in [-0.15, -0.1) is 0 Å². The van der Waals surface area contributed by atoms with Crippen molar-refractivity contribution in [2.75, 3.05) is 0 Å². The van der Waals surface area contributed by atoms with E-state index in [0.29, 0.717) is 0 Å². The van der Waals surface area contributed by atoms with Crippen molar-refractivity contribution in [3.63, 3.8) is 0 Å². The first-order valence-electron chi connectivity index (χ1n) is 4.66. The van der Waals surface area contributed by atoms with E-state index in [4.69, 9.17) is 4.74 Å². The molecular formula is C12H12NO. The smallest absolute Gasteiger partial charge is 0.130 e. The van der Waals surface area contributed by atoms with Crippen molar-refractivity contribution < 1.29 is 4.74 Å². The maximum absolute atomic E-state index is 5.08. The number of fused-ring (bicyclic) bond motifs is 1. The van der Waals surface area contributed by atoms with Gasteiger partial charge in [-0.25, -0.2) is 0 Å². The first-order valence-corrected chi connectivity index (χ1v) is 4.66. The summed E-state index contributed by atoms with van der Waals surface area (Å²) in [4.78, 5) is 4.49. The van der Waals surface area contributed by atoms with Crippen LogP contribution in [0.4, 0.5) is 0 Å². The number of hydrogen-bond donors (Lipinski definition) is 0. The van der Waals surface area contributed by atoms with Gasteiger partial charge in [-0.3, -0.25) is 4.98 Å². The Hall–Kier alpha value is -1.57. The maximum Gasteiger partial charge on any atom is 0.130 e. The number of para-hydroxylation sites is 1. The molecular weight excluding hydrogens is 174 g/mol. The van der Waals surface area contributed by atoms with Gasteiger partial charge in [-0.2, -0.15) is 0 Å². The lowest BCUT2D eigenvalue weighted by Gasteiger charge is -2.06. The fourth-order valence-corrected chi connectivity index (χ4v) is 1.50. The van der Waals surface area contributed by atoms with E-state index in [-0.39, 0.29) is 0 Å². The Labute approximate surface area is 83.5 Å². The third kappa shape index (κ3) is 1.43. The standard InChI is InChI=1S/C12H12NO/c1-3-9-8-12(14-2)10-6-4-5-7-11(10)13-9/h4-8H,2-3H2,1H3. The average molecular weight is 186 g/mol. The van der Waals surface area contributed by atoms with Crippen LogP contribution in [-0.4, -0.2) is 4.98 Å². The molecule has 2 heteroatoms. The van der Waals surface area contributed by atoms with E-state index in [0.717, 1.165) is 28.8 Å². The Balaban J connectivity index is 2.73. The number of nitrogens with zero attached hydrogens (tertiary/aromatic N) is 1. The zero-order valence-corrected chi connectivity index (χ0v) is 8.16. The Morgan fingerprint density at radius 1 is 1.36 bits per heavy atom. The van der Waals surface area contributed by atoms with Crippen LogP contribution in [0.2, 0.25) is 0 Å². The second-order valence-corrected chi connectivity index (χ2v) is 3.13. The number of hydrogen-bond acceptors (Lipinski definition) is 2. The van der Waals surface area contributed by atoms with E-state index in [1.807, 2.05) is 30.3 Å². The van der Waals surface area contributed by atoms with Crippen molar-refractivity contribution in [2.45, 2.75) is 13.3 Å². The van der Waals surface area contributed by atoms with E-state index in [1.165, 1.54) is 0 Å². The van der Waals surface area contributed by atoms with Gasteiger partial charge in [-0.1, -0.05) is 19.1 Å². The lowest BCUT2D eigenvalue weighted by molar-refractivity contribution is 0.477. The lowest BCUT2D eigenvalue weighted by Crippen LogP contribution is -1.91. The molecule has 0 atom stereocenters. The van der Waals surface area contributed by atoms with Gasteiger partial charge in [0, 0.05) is 17.1 Å². The summed E-state index contributed by atoms with van der Waals surface area (Å²) in [6.45, 7) is 2.07. The second-order valence-electron chi connectivity index (χ2n) is 3.13. The molecule has 0 aliphatic rings. The summed E-state index contributed by atoms with van der Waals surface area (Å²) < 4.78 is 5.08. The molecule has 0 saturated heterocycles. The van der Waals surface area contributed by atoms with E-state index in [9.17, 15) is 0 Å². The van der Waals surface area contributed by atoms with Gasteiger partial charge in [0.05, 0.1) is 5.52 Å². The van der Waals surface area contributed by atoms with Gasteiger partial charge < -0.3 is 4.74 Å². The fourth-order valence-electron chi connectivity index (χ4n) is 1.50. The van der Waals surface area contributed by atoms with Crippen LogP contribution in [0.3, 0.4) is 0 Å². The minimum Gasteiger partial charge on any atom is -0.489 e. The van der Waals surface area contributed by atoms with Crippen LogP contribution in [0.15, 0.2) is 30.3 Å². The molecule has 0 fully saturated rings. The number of benzene rings is 1. The Morgan fingerprint density at radius 3 is 2.86 bits per heavy atom. The molecule has 0 aliphatic carbocycles. The number of rotatable bonds is 2. The Bertz CT molecular complexity index is 451. The molecule has 0 N–H and O–H groups in total. The molecule has 2 rings (SSSR count). The van der Waals surface area contributed by atoms with Gasteiger partial charge >= 0.3 is 0 Å². The van der Waals surface area contributed by atoms with Crippen LogP contribution in [0, 0.1) is 7.11 Å². The van der Waals surface area contributed by atoms with Gasteiger partial charge in [0.25, 0.3) is 0 Å². The number of ether oxygens (including phenoxy) is 1. The zero-order chi connectivity index (χ0) is 9.97. The molecule has 0 amide bonds. The van der Waals surface area contributed by atoms with Crippen LogP contribution in [0.5, 0.6) is 5.75 Å². The molecule has 1 aromatic carbocycles. The molecule has 1 heterocycles.